The van der Waals surface area contributed by atoms with Gasteiger partial charge in [-0.05, 0) is 6.92 Å². The first-order valence-corrected chi connectivity index (χ1v) is 5.37. The number of fused-ring (bicyclic) bond motifs is 2. The van der Waals surface area contributed by atoms with Crippen molar-refractivity contribution in [1.82, 2.24) is 15.0 Å². The van der Waals surface area contributed by atoms with Gasteiger partial charge in [0.15, 0.2) is 0 Å². The van der Waals surface area contributed by atoms with Gasteiger partial charge in [-0.25, -0.2) is 15.0 Å². The number of hydrogen-bond donors (Lipinski definition) is 0. The van der Waals surface area contributed by atoms with Gasteiger partial charge in [-0.15, -0.1) is 0 Å². The summed E-state index contributed by atoms with van der Waals surface area (Å²) in [5.41, 5.74) is -0.0784. The van der Waals surface area contributed by atoms with E-state index in [1.54, 1.807) is 0 Å². The predicted octanol–water partition coefficient (Wildman–Crippen LogP) is 2.38. The molecule has 0 fully saturated rings. The second kappa shape index (κ2) is 2.77. The van der Waals surface area contributed by atoms with E-state index in [2.05, 4.69) is 49.6 Å². The molecule has 0 saturated carbocycles. The van der Waals surface area contributed by atoms with Crippen molar-refractivity contribution in [2.24, 2.45) is 0 Å². The fourth-order valence-corrected chi connectivity index (χ4v) is 1.73. The molecule has 15 heavy (non-hydrogen) atoms. The van der Waals surface area contributed by atoms with Crippen LogP contribution >= 0.6 is 0 Å². The molecule has 1 aromatic heterocycles. The van der Waals surface area contributed by atoms with Crippen LogP contribution in [0.2, 0.25) is 0 Å². The quantitative estimate of drug-likeness (QED) is 0.705. The van der Waals surface area contributed by atoms with Crippen molar-refractivity contribution < 1.29 is 0 Å². The number of hydrogen-bond acceptors (Lipinski definition) is 3. The van der Waals surface area contributed by atoms with Crippen LogP contribution < -0.4 is 0 Å². The molecule has 0 spiro atoms. The normalized spacial score (nSPS) is 21.0. The highest BCUT2D eigenvalue weighted by atomic mass is 15.1. The molecule has 0 saturated heterocycles. The van der Waals surface area contributed by atoms with Crippen molar-refractivity contribution in [3.05, 3.63) is 24.4 Å². The van der Waals surface area contributed by atoms with E-state index in [-0.39, 0.29) is 16.7 Å². The number of rotatable bonds is 1. The smallest absolute Gasteiger partial charge is 0.139 e. The molecule has 0 N–H and O–H groups in total. The van der Waals surface area contributed by atoms with Crippen molar-refractivity contribution in [3.63, 3.8) is 0 Å². The zero-order valence-electron chi connectivity index (χ0n) is 10.1. The monoisotopic (exact) mass is 204 g/mol. The molecular formula is C12H18N3. The molecule has 1 radical (unpaired) electrons. The SMILES string of the molecule is [CH2]C(C)c1nc2nc(n1)C(C)(C)C2(C)C. The first-order valence-electron chi connectivity index (χ1n) is 5.37. The van der Waals surface area contributed by atoms with E-state index < -0.39 is 0 Å². The van der Waals surface area contributed by atoms with E-state index in [9.17, 15) is 0 Å². The van der Waals surface area contributed by atoms with E-state index >= 15 is 0 Å². The van der Waals surface area contributed by atoms with Crippen molar-refractivity contribution in [2.75, 3.05) is 0 Å². The van der Waals surface area contributed by atoms with E-state index in [4.69, 9.17) is 0 Å². The van der Waals surface area contributed by atoms with Gasteiger partial charge in [0.2, 0.25) is 0 Å². The highest BCUT2D eigenvalue weighted by Crippen LogP contribution is 2.45. The van der Waals surface area contributed by atoms with E-state index in [1.807, 2.05) is 6.92 Å². The molecule has 0 aliphatic carbocycles. The summed E-state index contributed by atoms with van der Waals surface area (Å²) in [6, 6.07) is 0. The van der Waals surface area contributed by atoms with E-state index in [0.717, 1.165) is 17.5 Å². The Morgan fingerprint density at radius 1 is 0.933 bits per heavy atom. The fraction of sp³-hybridized carbons (Fsp3) is 0.667. The van der Waals surface area contributed by atoms with Crippen LogP contribution in [-0.4, -0.2) is 15.0 Å². The second-order valence-electron chi connectivity index (χ2n) is 5.49. The lowest BCUT2D eigenvalue weighted by Crippen LogP contribution is -2.36. The Kier molecular flexibility index (Phi) is 1.95. The number of nitrogens with zero attached hydrogens (tertiary/aromatic N) is 3. The Hall–Kier alpha value is -0.990. The first kappa shape index (κ1) is 10.5. The summed E-state index contributed by atoms with van der Waals surface area (Å²) in [6.07, 6.45) is 0. The zero-order valence-corrected chi connectivity index (χ0v) is 10.1. The third-order valence-electron chi connectivity index (χ3n) is 3.77. The predicted molar refractivity (Wildman–Crippen MR) is 59.7 cm³/mol. The summed E-state index contributed by atoms with van der Waals surface area (Å²) in [7, 11) is 0. The highest BCUT2D eigenvalue weighted by Gasteiger charge is 2.49. The lowest BCUT2D eigenvalue weighted by Gasteiger charge is -2.31. The van der Waals surface area contributed by atoms with Crippen LogP contribution in [0.3, 0.4) is 0 Å². The van der Waals surface area contributed by atoms with Crippen LogP contribution in [0.1, 0.15) is 58.0 Å². The second-order valence-corrected chi connectivity index (χ2v) is 5.49. The van der Waals surface area contributed by atoms with Gasteiger partial charge < -0.3 is 0 Å². The fourth-order valence-electron chi connectivity index (χ4n) is 1.73. The van der Waals surface area contributed by atoms with Gasteiger partial charge in [-0.1, -0.05) is 34.6 Å². The van der Waals surface area contributed by atoms with Gasteiger partial charge in [0, 0.05) is 16.7 Å². The summed E-state index contributed by atoms with van der Waals surface area (Å²) in [6.45, 7) is 14.7. The molecule has 1 aliphatic heterocycles. The third-order valence-corrected chi connectivity index (χ3v) is 3.77. The molecule has 0 amide bonds. The van der Waals surface area contributed by atoms with Crippen molar-refractivity contribution >= 4 is 0 Å². The van der Waals surface area contributed by atoms with Crippen LogP contribution in [-0.2, 0) is 10.8 Å². The van der Waals surface area contributed by atoms with Gasteiger partial charge in [-0.2, -0.15) is 0 Å². The van der Waals surface area contributed by atoms with Gasteiger partial charge in [0.25, 0.3) is 0 Å². The van der Waals surface area contributed by atoms with Crippen molar-refractivity contribution in [2.45, 2.75) is 51.4 Å². The maximum absolute atomic E-state index is 4.51. The van der Waals surface area contributed by atoms with E-state index in [0.29, 0.717) is 0 Å². The van der Waals surface area contributed by atoms with Crippen LogP contribution in [0.15, 0.2) is 0 Å². The van der Waals surface area contributed by atoms with Gasteiger partial charge in [-0.3, -0.25) is 0 Å². The van der Waals surface area contributed by atoms with Gasteiger partial charge in [0.05, 0.1) is 0 Å². The lowest BCUT2D eigenvalue weighted by atomic mass is 9.69. The van der Waals surface area contributed by atoms with Crippen LogP contribution in [0.25, 0.3) is 0 Å². The largest absolute Gasteiger partial charge is 0.217 e. The minimum absolute atomic E-state index is 0.0392. The summed E-state index contributed by atoms with van der Waals surface area (Å²) >= 11 is 0. The van der Waals surface area contributed by atoms with Crippen LogP contribution in [0.5, 0.6) is 0 Å². The third kappa shape index (κ3) is 1.22. The van der Waals surface area contributed by atoms with E-state index in [1.165, 1.54) is 0 Å². The Bertz CT molecular complexity index is 373. The summed E-state index contributed by atoms with van der Waals surface area (Å²) in [5, 5.41) is 0. The summed E-state index contributed by atoms with van der Waals surface area (Å²) < 4.78 is 0. The molecule has 1 aliphatic rings. The summed E-state index contributed by atoms with van der Waals surface area (Å²) in [4.78, 5) is 13.5. The maximum Gasteiger partial charge on any atom is 0.139 e. The average molecular weight is 204 g/mol. The highest BCUT2D eigenvalue weighted by molar-refractivity contribution is 5.29. The molecular weight excluding hydrogens is 186 g/mol. The lowest BCUT2D eigenvalue weighted by molar-refractivity contribution is 0.313. The molecule has 1 unspecified atom stereocenters. The average Bonchev–Trinajstić information content (AvgIpc) is 2.26. The molecule has 0 aromatic carbocycles. The molecule has 2 heterocycles. The summed E-state index contributed by atoms with van der Waals surface area (Å²) in [5.74, 6) is 2.75. The van der Waals surface area contributed by atoms with Crippen molar-refractivity contribution in [3.8, 4) is 0 Å². The molecule has 3 heteroatoms. The first-order chi connectivity index (χ1) is 6.76. The Labute approximate surface area is 91.4 Å². The number of aromatic nitrogens is 3. The topological polar surface area (TPSA) is 38.7 Å². The Balaban J connectivity index is 2.62. The molecule has 2 rings (SSSR count). The molecule has 3 nitrogen and oxygen atoms in total. The minimum atomic E-state index is -0.0392. The molecule has 2 bridgehead atoms. The van der Waals surface area contributed by atoms with Crippen molar-refractivity contribution in [1.29, 1.82) is 0 Å². The van der Waals surface area contributed by atoms with Gasteiger partial charge >= 0.3 is 0 Å². The Morgan fingerprint density at radius 3 is 1.67 bits per heavy atom. The van der Waals surface area contributed by atoms with Crippen LogP contribution in [0, 0.1) is 6.92 Å². The molecule has 1 atom stereocenters. The van der Waals surface area contributed by atoms with Crippen LogP contribution in [0.4, 0.5) is 0 Å². The maximum atomic E-state index is 4.51. The zero-order chi connectivity index (χ0) is 11.4. The standard InChI is InChI=1S/C12H18N3/c1-7(2)8-13-9-11(3,4)12(5,6)10(14-8)15-9/h7H,1H2,2-6H3. The minimum Gasteiger partial charge on any atom is -0.217 e. The molecule has 81 valence electrons. The Morgan fingerprint density at radius 2 is 1.33 bits per heavy atom. The molecule has 1 aromatic rings. The van der Waals surface area contributed by atoms with Gasteiger partial charge in [0.1, 0.15) is 17.5 Å².